The number of imide groups is 1. The minimum atomic E-state index is -1.30. The Morgan fingerprint density at radius 3 is 2.15 bits per heavy atom. The fourth-order valence-corrected chi connectivity index (χ4v) is 3.71. The molecule has 1 rings (SSSR count). The Balaban J connectivity index is 2.28. The van der Waals surface area contributed by atoms with Crippen LogP contribution >= 0.6 is 0 Å². The number of carboxylic acids is 1. The molecular formula is C26H42N4O11. The third-order valence-electron chi connectivity index (χ3n) is 6.10. The van der Waals surface area contributed by atoms with Crippen molar-refractivity contribution in [1.82, 2.24) is 21.0 Å². The largest absolute Gasteiger partial charge is 0.480 e. The Bertz CT molecular complexity index is 964. The van der Waals surface area contributed by atoms with Crippen LogP contribution in [0.5, 0.6) is 0 Å². The lowest BCUT2D eigenvalue weighted by Crippen LogP contribution is -2.55. The normalized spacial score (nSPS) is 14.4. The number of carbonyl (C=O) groups excluding carboxylic acids is 6. The third kappa shape index (κ3) is 12.6. The van der Waals surface area contributed by atoms with Crippen molar-refractivity contribution in [2.24, 2.45) is 5.41 Å². The van der Waals surface area contributed by atoms with Crippen molar-refractivity contribution in [3.05, 3.63) is 0 Å². The molecule has 1 fully saturated rings. The predicted molar refractivity (Wildman–Crippen MR) is 142 cm³/mol. The van der Waals surface area contributed by atoms with E-state index in [0.29, 0.717) is 11.5 Å². The van der Waals surface area contributed by atoms with Crippen molar-refractivity contribution >= 4 is 41.5 Å². The summed E-state index contributed by atoms with van der Waals surface area (Å²) in [6.07, 6.45) is 0.959. The third-order valence-corrected chi connectivity index (χ3v) is 6.10. The predicted octanol–water partition coefficient (Wildman–Crippen LogP) is -0.186. The van der Waals surface area contributed by atoms with Gasteiger partial charge in [0.2, 0.25) is 17.7 Å². The number of aliphatic carboxylic acids is 1. The highest BCUT2D eigenvalue weighted by Crippen LogP contribution is 2.22. The summed E-state index contributed by atoms with van der Waals surface area (Å²) in [6, 6.07) is -1.24. The summed E-state index contributed by atoms with van der Waals surface area (Å²) in [5.41, 5.74) is -2.04. The van der Waals surface area contributed by atoms with Crippen molar-refractivity contribution < 1.29 is 53.0 Å². The number of hydrogen-bond acceptors (Lipinski definition) is 10. The van der Waals surface area contributed by atoms with Crippen LogP contribution in [0, 0.1) is 5.41 Å². The van der Waals surface area contributed by atoms with Gasteiger partial charge in [0.1, 0.15) is 18.2 Å². The average Bonchev–Trinajstić information content (AvgIpc) is 3.19. The van der Waals surface area contributed by atoms with Crippen LogP contribution in [-0.4, -0.2) is 96.2 Å². The zero-order chi connectivity index (χ0) is 31.2. The van der Waals surface area contributed by atoms with Gasteiger partial charge >= 0.3 is 11.9 Å². The van der Waals surface area contributed by atoms with E-state index in [1.54, 1.807) is 13.8 Å². The van der Waals surface area contributed by atoms with E-state index in [9.17, 15) is 38.7 Å². The highest BCUT2D eigenvalue weighted by molar-refractivity contribution is 6.01. The van der Waals surface area contributed by atoms with Crippen LogP contribution in [0.4, 0.5) is 0 Å². The number of nitrogens with zero attached hydrogens (tertiary/aromatic N) is 1. The topological polar surface area (TPSA) is 207 Å². The second-order valence-corrected chi connectivity index (χ2v) is 10.7. The maximum Gasteiger partial charge on any atom is 0.358 e. The molecule has 0 aliphatic carbocycles. The number of rotatable bonds is 19. The lowest BCUT2D eigenvalue weighted by Gasteiger charge is -2.27. The fourth-order valence-electron chi connectivity index (χ4n) is 3.71. The zero-order valence-electron chi connectivity index (χ0n) is 24.3. The van der Waals surface area contributed by atoms with E-state index in [0.717, 1.165) is 6.42 Å². The molecule has 1 aliphatic rings. The molecule has 0 spiro atoms. The summed E-state index contributed by atoms with van der Waals surface area (Å²) in [7, 11) is 0. The van der Waals surface area contributed by atoms with Crippen molar-refractivity contribution in [1.29, 1.82) is 0 Å². The van der Waals surface area contributed by atoms with Crippen molar-refractivity contribution in [3.63, 3.8) is 0 Å². The van der Waals surface area contributed by atoms with E-state index < -0.39 is 65.1 Å². The van der Waals surface area contributed by atoms with Crippen LogP contribution in [-0.2, 0) is 47.9 Å². The first-order chi connectivity index (χ1) is 19.1. The van der Waals surface area contributed by atoms with E-state index in [-0.39, 0.29) is 52.0 Å². The Morgan fingerprint density at radius 2 is 1.56 bits per heavy atom. The molecule has 1 atom stereocenters. The van der Waals surface area contributed by atoms with Gasteiger partial charge in [-0.05, 0) is 26.7 Å². The highest BCUT2D eigenvalue weighted by Gasteiger charge is 2.34. The van der Waals surface area contributed by atoms with Crippen molar-refractivity contribution in [2.75, 3.05) is 33.0 Å². The van der Waals surface area contributed by atoms with Gasteiger partial charge in [-0.1, -0.05) is 27.2 Å². The average molecular weight is 587 g/mol. The van der Waals surface area contributed by atoms with Gasteiger partial charge in [-0.2, -0.15) is 0 Å². The molecule has 41 heavy (non-hydrogen) atoms. The zero-order valence-corrected chi connectivity index (χ0v) is 24.3. The molecule has 0 saturated carbocycles. The van der Waals surface area contributed by atoms with Crippen LogP contribution in [0.1, 0.15) is 73.1 Å². The molecule has 1 unspecified atom stereocenters. The number of carbonyl (C=O) groups is 7. The molecule has 1 saturated heterocycles. The number of carboxylic acid groups (broad SMARTS) is 1. The quantitative estimate of drug-likeness (QED) is 0.115. The number of amides is 5. The van der Waals surface area contributed by atoms with E-state index in [4.69, 9.17) is 9.47 Å². The molecule has 0 radical (unpaired) electrons. The molecule has 15 nitrogen and oxygen atoms in total. The van der Waals surface area contributed by atoms with Crippen molar-refractivity contribution in [2.45, 2.75) is 84.7 Å². The molecule has 0 aromatic carbocycles. The van der Waals surface area contributed by atoms with E-state index in [2.05, 4.69) is 20.8 Å². The number of nitrogens with one attached hydrogen (secondary N) is 3. The summed E-state index contributed by atoms with van der Waals surface area (Å²) < 4.78 is 10.4. The molecule has 0 aromatic heterocycles. The van der Waals surface area contributed by atoms with E-state index in [1.165, 1.54) is 13.8 Å². The van der Waals surface area contributed by atoms with Gasteiger partial charge in [-0.15, -0.1) is 5.06 Å². The van der Waals surface area contributed by atoms with E-state index in [1.807, 2.05) is 6.92 Å². The van der Waals surface area contributed by atoms with Gasteiger partial charge < -0.3 is 35.4 Å². The Hall–Kier alpha value is -3.59. The summed E-state index contributed by atoms with van der Waals surface area (Å²) in [4.78, 5) is 88.0. The van der Waals surface area contributed by atoms with Gasteiger partial charge in [0.15, 0.2) is 0 Å². The second-order valence-electron chi connectivity index (χ2n) is 10.7. The summed E-state index contributed by atoms with van der Waals surface area (Å²) in [5, 5.41) is 17.5. The van der Waals surface area contributed by atoms with Gasteiger partial charge in [0.05, 0.1) is 19.8 Å². The number of ether oxygens (including phenoxy) is 2. The minimum absolute atomic E-state index is 0.00696. The number of hydrogen-bond donors (Lipinski definition) is 4. The van der Waals surface area contributed by atoms with Crippen LogP contribution in [0.3, 0.4) is 0 Å². The SMILES string of the molecule is CCCC(C)(C)C(=O)NC(CCC(=O)NC(C)(C)C(=O)NCCOCCOCC(=O)ON1C(=O)CCC1=O)C(=O)O. The standard InChI is InChI=1S/C26H42N4O11/c1-6-11-25(2,3)23(37)28-17(22(35)36)7-8-18(31)29-26(4,5)24(38)27-12-13-39-14-15-40-16-21(34)41-30-19(32)9-10-20(30)33/h17H,6-16H2,1-5H3,(H,27,38)(H,28,37)(H,29,31)(H,35,36). The fraction of sp³-hybridized carbons (Fsp3) is 0.731. The molecule has 4 N–H and O–H groups in total. The van der Waals surface area contributed by atoms with Crippen LogP contribution in [0.15, 0.2) is 0 Å². The maximum atomic E-state index is 12.5. The van der Waals surface area contributed by atoms with Gasteiger partial charge in [-0.3, -0.25) is 24.0 Å². The Labute approximate surface area is 238 Å². The van der Waals surface area contributed by atoms with Crippen LogP contribution in [0.25, 0.3) is 0 Å². The lowest BCUT2D eigenvalue weighted by atomic mass is 9.86. The minimum Gasteiger partial charge on any atom is -0.480 e. The molecule has 1 aliphatic heterocycles. The first kappa shape index (κ1) is 35.4. The Kier molecular flexibility index (Phi) is 14.4. The molecule has 5 amide bonds. The molecule has 232 valence electrons. The molecule has 0 bridgehead atoms. The van der Waals surface area contributed by atoms with Gasteiger partial charge in [0.25, 0.3) is 11.8 Å². The van der Waals surface area contributed by atoms with E-state index >= 15 is 0 Å². The molecule has 15 heteroatoms. The summed E-state index contributed by atoms with van der Waals surface area (Å²) in [5.74, 6) is -4.78. The second kappa shape index (κ2) is 16.6. The van der Waals surface area contributed by atoms with Crippen LogP contribution < -0.4 is 16.0 Å². The number of hydroxylamine groups is 2. The lowest BCUT2D eigenvalue weighted by molar-refractivity contribution is -0.200. The van der Waals surface area contributed by atoms with Gasteiger partial charge in [-0.25, -0.2) is 9.59 Å². The summed E-state index contributed by atoms with van der Waals surface area (Å²) >= 11 is 0. The first-order valence-corrected chi connectivity index (χ1v) is 13.5. The molecular weight excluding hydrogens is 544 g/mol. The smallest absolute Gasteiger partial charge is 0.358 e. The monoisotopic (exact) mass is 586 g/mol. The first-order valence-electron chi connectivity index (χ1n) is 13.5. The van der Waals surface area contributed by atoms with Crippen LogP contribution in [0.2, 0.25) is 0 Å². The Morgan fingerprint density at radius 1 is 0.951 bits per heavy atom. The molecule has 1 heterocycles. The maximum absolute atomic E-state index is 12.5. The van der Waals surface area contributed by atoms with Gasteiger partial charge in [0, 0.05) is 31.2 Å². The highest BCUT2D eigenvalue weighted by atomic mass is 16.7. The molecule has 0 aromatic rings. The van der Waals surface area contributed by atoms with Crippen molar-refractivity contribution in [3.8, 4) is 0 Å². The summed E-state index contributed by atoms with van der Waals surface area (Å²) in [6.45, 7) is 8.18.